The zero-order valence-electron chi connectivity index (χ0n) is 22.0. The monoisotopic (exact) mass is 450 g/mol. The van der Waals surface area contributed by atoms with E-state index in [1.807, 2.05) is 0 Å². The average Bonchev–Trinajstić information content (AvgIpc) is 2.71. The molecule has 0 rings (SSSR count). The number of unbranched alkanes of at least 4 members (excludes halogenated alkanes) is 13. The van der Waals surface area contributed by atoms with E-state index in [0.29, 0.717) is 0 Å². The van der Waals surface area contributed by atoms with Crippen LogP contribution in [0.1, 0.15) is 144 Å². The van der Waals surface area contributed by atoms with Crippen LogP contribution in [0.2, 0.25) is 0 Å². The van der Waals surface area contributed by atoms with E-state index in [0.717, 1.165) is 77.0 Å². The molecule has 0 heterocycles. The molecule has 0 bridgehead atoms. The van der Waals surface area contributed by atoms with Gasteiger partial charge in [-0.2, -0.15) is 0 Å². The molecule has 0 spiro atoms. The van der Waals surface area contributed by atoms with Crippen molar-refractivity contribution in [2.75, 3.05) is 0 Å². The number of rotatable bonds is 23. The van der Waals surface area contributed by atoms with E-state index in [-0.39, 0.29) is 42.8 Å². The first-order valence-electron chi connectivity index (χ1n) is 13.0. The molecule has 0 aromatic carbocycles. The summed E-state index contributed by atoms with van der Waals surface area (Å²) in [4.78, 5) is 22.9. The summed E-state index contributed by atoms with van der Waals surface area (Å²) in [7, 11) is 0. The van der Waals surface area contributed by atoms with E-state index in [9.17, 15) is 19.8 Å². The van der Waals surface area contributed by atoms with Gasteiger partial charge in [0.25, 0.3) is 0 Å². The zero-order valence-corrected chi connectivity index (χ0v) is 23.0. The molecule has 0 saturated heterocycles. The molecule has 5 heteroatoms. The Labute approximate surface area is 216 Å². The summed E-state index contributed by atoms with van der Waals surface area (Å²) in [6.45, 7) is 4.41. The van der Waals surface area contributed by atoms with Crippen molar-refractivity contribution in [3.05, 3.63) is 0 Å². The van der Waals surface area contributed by atoms with Gasteiger partial charge in [0.1, 0.15) is 0 Å². The number of hydrogen-bond donors (Lipinski definition) is 2. The summed E-state index contributed by atoms with van der Waals surface area (Å²) in [5, 5.41) is 18.9. The smallest absolute Gasteiger partial charge is 1.00 e. The van der Waals surface area contributed by atoms with Gasteiger partial charge in [0.2, 0.25) is 0 Å². The summed E-state index contributed by atoms with van der Waals surface area (Å²) in [6.07, 6.45) is 21.5. The average molecular weight is 451 g/mol. The van der Waals surface area contributed by atoms with Crippen molar-refractivity contribution in [1.29, 1.82) is 0 Å². The molecule has 4 nitrogen and oxygen atoms in total. The van der Waals surface area contributed by atoms with E-state index < -0.39 is 11.9 Å². The number of aliphatic carboxylic acids is 2. The fraction of sp³-hybridized carbons (Fsp3) is 0.923. The molecule has 0 radical (unpaired) electrons. The molecule has 0 aromatic heterocycles. The Morgan fingerprint density at radius 3 is 0.968 bits per heavy atom. The third kappa shape index (κ3) is 21.5. The predicted octanol–water partition coefficient (Wildman–Crippen LogP) is 5.35. The standard InChI is InChI=1S/C26H50O4.Na.H/c1-3-5-7-9-11-15-19-23(25(27)28)21-17-13-14-18-22-24(26(29)30)20-16-12-10-8-6-4-2;;/h23-24H,3-22H2,1-2H3,(H,27,28)(H,29,30);;/q;+1;-1. The first-order valence-corrected chi connectivity index (χ1v) is 13.0. The second kappa shape index (κ2) is 24.6. The predicted molar refractivity (Wildman–Crippen MR) is 127 cm³/mol. The van der Waals surface area contributed by atoms with Gasteiger partial charge in [0.15, 0.2) is 0 Å². The SMILES string of the molecule is CCCCCCCCC(CCCCCCC(CCCCCCCC)C(=O)O)C(=O)O.[H-].[Na+]. The maximum Gasteiger partial charge on any atom is 1.00 e. The van der Waals surface area contributed by atoms with E-state index in [2.05, 4.69) is 13.8 Å². The Hall–Kier alpha value is -0.0600. The van der Waals surface area contributed by atoms with Crippen LogP contribution in [-0.2, 0) is 9.59 Å². The molecule has 0 aliphatic rings. The fourth-order valence-corrected chi connectivity index (χ4v) is 4.26. The van der Waals surface area contributed by atoms with Crippen LogP contribution in [0.5, 0.6) is 0 Å². The summed E-state index contributed by atoms with van der Waals surface area (Å²) in [5.74, 6) is -1.69. The molecule has 0 aliphatic heterocycles. The molecule has 0 aliphatic carbocycles. The van der Waals surface area contributed by atoms with Gasteiger partial charge in [-0.1, -0.05) is 117 Å². The van der Waals surface area contributed by atoms with E-state index in [4.69, 9.17) is 0 Å². The van der Waals surface area contributed by atoms with Crippen molar-refractivity contribution in [2.45, 2.75) is 142 Å². The van der Waals surface area contributed by atoms with E-state index in [1.165, 1.54) is 51.4 Å². The third-order valence-electron chi connectivity index (χ3n) is 6.37. The third-order valence-corrected chi connectivity index (χ3v) is 6.37. The van der Waals surface area contributed by atoms with Crippen molar-refractivity contribution >= 4 is 11.9 Å². The minimum absolute atomic E-state index is 0. The molecule has 0 amide bonds. The summed E-state index contributed by atoms with van der Waals surface area (Å²) in [6, 6.07) is 0. The molecule has 0 aromatic rings. The Balaban J connectivity index is -0.00000420. The fourth-order valence-electron chi connectivity index (χ4n) is 4.26. The molecule has 2 N–H and O–H groups in total. The van der Waals surface area contributed by atoms with Gasteiger partial charge >= 0.3 is 41.5 Å². The first-order chi connectivity index (χ1) is 14.5. The summed E-state index contributed by atoms with van der Waals surface area (Å²) in [5.41, 5.74) is 0. The second-order valence-electron chi connectivity index (χ2n) is 9.17. The topological polar surface area (TPSA) is 74.6 Å². The van der Waals surface area contributed by atoms with Crippen LogP contribution < -0.4 is 29.6 Å². The number of hydrogen-bond acceptors (Lipinski definition) is 2. The quantitative estimate of drug-likeness (QED) is 0.163. The van der Waals surface area contributed by atoms with Crippen molar-refractivity contribution in [2.24, 2.45) is 11.8 Å². The van der Waals surface area contributed by atoms with Crippen molar-refractivity contribution in [3.8, 4) is 0 Å². The minimum atomic E-state index is -0.645. The van der Waals surface area contributed by atoms with Crippen LogP contribution in [0.15, 0.2) is 0 Å². The van der Waals surface area contributed by atoms with Gasteiger partial charge in [-0.05, 0) is 25.7 Å². The van der Waals surface area contributed by atoms with Crippen LogP contribution in [0, 0.1) is 11.8 Å². The van der Waals surface area contributed by atoms with Crippen LogP contribution in [0.3, 0.4) is 0 Å². The van der Waals surface area contributed by atoms with Crippen LogP contribution in [0.25, 0.3) is 0 Å². The van der Waals surface area contributed by atoms with Crippen molar-refractivity contribution in [1.82, 2.24) is 0 Å². The van der Waals surface area contributed by atoms with Gasteiger partial charge in [0, 0.05) is 0 Å². The summed E-state index contributed by atoms with van der Waals surface area (Å²) < 4.78 is 0. The summed E-state index contributed by atoms with van der Waals surface area (Å²) >= 11 is 0. The largest absolute Gasteiger partial charge is 1.00 e. The minimum Gasteiger partial charge on any atom is -1.00 e. The number of carbonyl (C=O) groups is 2. The Morgan fingerprint density at radius 1 is 0.516 bits per heavy atom. The van der Waals surface area contributed by atoms with Crippen LogP contribution >= 0.6 is 0 Å². The molecule has 2 atom stereocenters. The molecule has 31 heavy (non-hydrogen) atoms. The van der Waals surface area contributed by atoms with Gasteiger partial charge in [-0.25, -0.2) is 0 Å². The first kappa shape index (κ1) is 33.1. The van der Waals surface area contributed by atoms with Gasteiger partial charge in [0.05, 0.1) is 11.8 Å². The molecule has 0 saturated carbocycles. The van der Waals surface area contributed by atoms with Gasteiger partial charge < -0.3 is 11.6 Å². The van der Waals surface area contributed by atoms with Crippen LogP contribution in [-0.4, -0.2) is 22.2 Å². The molecule has 2 unspecified atom stereocenters. The number of carboxylic acid groups (broad SMARTS) is 2. The maximum atomic E-state index is 11.5. The maximum absolute atomic E-state index is 11.5. The van der Waals surface area contributed by atoms with E-state index >= 15 is 0 Å². The number of carboxylic acids is 2. The molecule has 180 valence electrons. The molecular weight excluding hydrogens is 399 g/mol. The Kier molecular flexibility index (Phi) is 26.3. The zero-order chi connectivity index (χ0) is 22.5. The Morgan fingerprint density at radius 2 is 0.742 bits per heavy atom. The van der Waals surface area contributed by atoms with Crippen molar-refractivity contribution < 1.29 is 50.8 Å². The van der Waals surface area contributed by atoms with Crippen LogP contribution in [0.4, 0.5) is 0 Å². The second-order valence-corrected chi connectivity index (χ2v) is 9.17. The normalized spacial score (nSPS) is 12.8. The van der Waals surface area contributed by atoms with Crippen molar-refractivity contribution in [3.63, 3.8) is 0 Å². The molecule has 0 fully saturated rings. The van der Waals surface area contributed by atoms with Gasteiger partial charge in [-0.15, -0.1) is 0 Å². The Bertz CT molecular complexity index is 383. The molecular formula is C26H51NaO4. The van der Waals surface area contributed by atoms with Gasteiger partial charge in [-0.3, -0.25) is 9.59 Å². The van der Waals surface area contributed by atoms with E-state index in [1.54, 1.807) is 0 Å².